The largest absolute Gasteiger partial charge is 0.459 e. The molecule has 0 aromatic heterocycles. The van der Waals surface area contributed by atoms with Gasteiger partial charge < -0.3 is 45.2 Å². The van der Waals surface area contributed by atoms with Crippen LogP contribution in [0.25, 0.3) is 0 Å². The number of aliphatic hydroxyl groups is 7. The normalized spacial score (nSPS) is 45.3. The third kappa shape index (κ3) is 5.28. The van der Waals surface area contributed by atoms with Gasteiger partial charge in [-0.15, -0.1) is 0 Å². The molecule has 0 aromatic rings. The van der Waals surface area contributed by atoms with E-state index in [4.69, 9.17) is 9.47 Å². The lowest BCUT2D eigenvalue weighted by molar-refractivity contribution is -0.291. The van der Waals surface area contributed by atoms with E-state index in [9.17, 15) is 50.1 Å². The van der Waals surface area contributed by atoms with Crippen LogP contribution in [0.15, 0.2) is 23.5 Å². The van der Waals surface area contributed by atoms with Crippen LogP contribution in [0, 0.1) is 39.4 Å². The predicted molar refractivity (Wildman–Crippen MR) is 171 cm³/mol. The van der Waals surface area contributed by atoms with Gasteiger partial charge in [-0.05, 0) is 76.7 Å². The van der Waals surface area contributed by atoms with Crippen LogP contribution in [0.3, 0.4) is 0 Å². The van der Waals surface area contributed by atoms with E-state index in [-0.39, 0.29) is 43.1 Å². The molecule has 1 unspecified atom stereocenters. The van der Waals surface area contributed by atoms with Gasteiger partial charge >= 0.3 is 0 Å². The third-order valence-electron chi connectivity index (χ3n) is 13.2. The minimum atomic E-state index is -1.97. The van der Waals surface area contributed by atoms with Crippen LogP contribution >= 0.6 is 0 Å². The van der Waals surface area contributed by atoms with Crippen molar-refractivity contribution >= 4 is 17.3 Å². The Hall–Kier alpha value is -2.03. The summed E-state index contributed by atoms with van der Waals surface area (Å²) in [6.45, 7) is 13.1. The Bertz CT molecular complexity index is 1410. The number of carbonyl (C=O) groups excluding carboxylic acids is 3. The van der Waals surface area contributed by atoms with Crippen molar-refractivity contribution in [3.8, 4) is 0 Å². The summed E-state index contributed by atoms with van der Waals surface area (Å²) in [4.78, 5) is 42.0. The van der Waals surface area contributed by atoms with E-state index in [0.29, 0.717) is 6.42 Å². The zero-order chi connectivity index (χ0) is 36.2. The van der Waals surface area contributed by atoms with Crippen LogP contribution < -0.4 is 0 Å². The van der Waals surface area contributed by atoms with Gasteiger partial charge in [-0.3, -0.25) is 14.4 Å². The SMILES string of the molecule is CC(C)(O)CCC(=O)[C@@](C)(O)[C@H]1[C@H](O)C[C@@]2(C)C3CC=C4[C@@H](C=C(O[C@@H]5O[C@H](CO)[C@@H](O)[C@H](O)[C@H]5O)C(=O)C4(C)C)[C@]3(C)C(=O)C[C@]12C. The molecule has 5 rings (SSSR count). The standard InChI is InChI=1S/C36H54O12/c1-31(2,45)12-11-23(39)36(8,46)28-19(38)14-33(5)22-10-9-17-18(35(22,7)24(40)15-34(28,33)6)13-20(29(44)32(17,3)4)47-30-27(43)26(42)25(41)21(16-37)48-30/h9,13,18-19,21-22,25-28,30,37-38,41-43,45-46H,10-12,14-16H2,1-8H3/t18-,19-,21-,22?,25-,26+,27-,28+,30-,33+,34-,35+,36-/m1/s1. The Morgan fingerprint density at radius 2 is 1.60 bits per heavy atom. The van der Waals surface area contributed by atoms with Crippen LogP contribution in [0.1, 0.15) is 87.5 Å². The molecule has 3 fully saturated rings. The first-order valence-electron chi connectivity index (χ1n) is 17.0. The molecular formula is C36H54O12. The van der Waals surface area contributed by atoms with Gasteiger partial charge in [0.1, 0.15) is 35.8 Å². The first-order chi connectivity index (χ1) is 21.9. The molecule has 12 nitrogen and oxygen atoms in total. The first-order valence-corrected chi connectivity index (χ1v) is 17.0. The summed E-state index contributed by atoms with van der Waals surface area (Å²) < 4.78 is 11.5. The lowest BCUT2D eigenvalue weighted by Crippen LogP contribution is -2.64. The average Bonchev–Trinajstić information content (AvgIpc) is 3.19. The first kappa shape index (κ1) is 37.2. The summed E-state index contributed by atoms with van der Waals surface area (Å²) in [6.07, 6.45) is -4.80. The Labute approximate surface area is 281 Å². The highest BCUT2D eigenvalue weighted by molar-refractivity contribution is 6.02. The molecular weight excluding hydrogens is 624 g/mol. The van der Waals surface area contributed by atoms with Gasteiger partial charge in [0.05, 0.1) is 23.7 Å². The number of carbonyl (C=O) groups is 3. The Balaban J connectivity index is 1.53. The van der Waals surface area contributed by atoms with Gasteiger partial charge in [0, 0.05) is 30.1 Å². The molecule has 0 amide bonds. The molecule has 0 radical (unpaired) electrons. The summed E-state index contributed by atoms with van der Waals surface area (Å²) in [7, 11) is 0. The number of hydrogen-bond donors (Lipinski definition) is 7. The monoisotopic (exact) mass is 678 g/mol. The Morgan fingerprint density at radius 3 is 2.19 bits per heavy atom. The van der Waals surface area contributed by atoms with Crippen molar-refractivity contribution in [2.75, 3.05) is 6.61 Å². The molecule has 5 aliphatic rings. The predicted octanol–water partition coefficient (Wildman–Crippen LogP) is 1.10. The maximum absolute atomic E-state index is 14.7. The molecule has 7 N–H and O–H groups in total. The summed E-state index contributed by atoms with van der Waals surface area (Å²) in [6, 6.07) is 0. The van der Waals surface area contributed by atoms with E-state index < -0.39 is 99.7 Å². The topological polar surface area (TPSA) is 211 Å². The number of rotatable bonds is 8. The Kier molecular flexibility index (Phi) is 9.12. The molecule has 0 spiro atoms. The van der Waals surface area contributed by atoms with Crippen molar-refractivity contribution < 1.29 is 59.6 Å². The smallest absolute Gasteiger partial charge is 0.229 e. The summed E-state index contributed by atoms with van der Waals surface area (Å²) in [5.41, 5.74) is -6.30. The fraction of sp³-hybridized carbons (Fsp3) is 0.806. The summed E-state index contributed by atoms with van der Waals surface area (Å²) >= 11 is 0. The van der Waals surface area contributed by atoms with E-state index in [2.05, 4.69) is 0 Å². The third-order valence-corrected chi connectivity index (χ3v) is 13.2. The molecule has 48 heavy (non-hydrogen) atoms. The number of aliphatic hydroxyl groups excluding tert-OH is 5. The highest BCUT2D eigenvalue weighted by Crippen LogP contribution is 2.74. The molecule has 4 aliphatic carbocycles. The summed E-state index contributed by atoms with van der Waals surface area (Å²) in [5.74, 6) is -3.21. The second kappa shape index (κ2) is 11.8. The van der Waals surface area contributed by atoms with Gasteiger partial charge in [0.15, 0.2) is 11.5 Å². The van der Waals surface area contributed by atoms with Gasteiger partial charge in [-0.2, -0.15) is 0 Å². The van der Waals surface area contributed by atoms with Gasteiger partial charge in [0.2, 0.25) is 12.1 Å². The number of Topliss-reactive ketones (excluding diaryl/α,β-unsaturated/α-hetero) is 3. The fourth-order valence-electron chi connectivity index (χ4n) is 10.2. The molecule has 1 saturated heterocycles. The van der Waals surface area contributed by atoms with Crippen LogP contribution in [0.2, 0.25) is 0 Å². The second-order valence-electron chi connectivity index (χ2n) is 17.1. The van der Waals surface area contributed by atoms with E-state index >= 15 is 0 Å². The fourth-order valence-corrected chi connectivity index (χ4v) is 10.2. The number of fused-ring (bicyclic) bond motifs is 5. The molecule has 0 aromatic carbocycles. The zero-order valence-electron chi connectivity index (χ0n) is 29.3. The lowest BCUT2D eigenvalue weighted by Gasteiger charge is -2.63. The molecule has 1 aliphatic heterocycles. The lowest BCUT2D eigenvalue weighted by atomic mass is 9.39. The maximum atomic E-state index is 14.7. The van der Waals surface area contributed by atoms with E-state index in [0.717, 1.165) is 5.57 Å². The van der Waals surface area contributed by atoms with E-state index in [1.54, 1.807) is 33.8 Å². The van der Waals surface area contributed by atoms with E-state index in [1.807, 2.05) is 26.8 Å². The van der Waals surface area contributed by atoms with Crippen molar-refractivity contribution in [3.63, 3.8) is 0 Å². The van der Waals surface area contributed by atoms with Gasteiger partial charge in [-0.25, -0.2) is 0 Å². The second-order valence-corrected chi connectivity index (χ2v) is 17.1. The molecule has 2 saturated carbocycles. The molecule has 0 bridgehead atoms. The minimum Gasteiger partial charge on any atom is -0.459 e. The number of hydrogen-bond acceptors (Lipinski definition) is 12. The molecule has 1 heterocycles. The molecule has 270 valence electrons. The van der Waals surface area contributed by atoms with Gasteiger partial charge in [-0.1, -0.05) is 32.4 Å². The van der Waals surface area contributed by atoms with Crippen LogP contribution in [-0.4, -0.2) is 108 Å². The highest BCUT2D eigenvalue weighted by Gasteiger charge is 2.74. The van der Waals surface area contributed by atoms with Crippen molar-refractivity contribution in [3.05, 3.63) is 23.5 Å². The molecule has 12 heteroatoms. The van der Waals surface area contributed by atoms with Crippen molar-refractivity contribution in [1.29, 1.82) is 0 Å². The maximum Gasteiger partial charge on any atom is 0.229 e. The average molecular weight is 679 g/mol. The highest BCUT2D eigenvalue weighted by atomic mass is 16.7. The van der Waals surface area contributed by atoms with Crippen molar-refractivity contribution in [2.45, 2.75) is 136 Å². The Morgan fingerprint density at radius 1 is 0.979 bits per heavy atom. The van der Waals surface area contributed by atoms with Crippen LogP contribution in [-0.2, 0) is 23.9 Å². The quantitative estimate of drug-likeness (QED) is 0.180. The number of ether oxygens (including phenoxy) is 2. The van der Waals surface area contributed by atoms with Crippen molar-refractivity contribution in [2.24, 2.45) is 39.4 Å². The van der Waals surface area contributed by atoms with Crippen LogP contribution in [0.4, 0.5) is 0 Å². The molecule has 13 atom stereocenters. The van der Waals surface area contributed by atoms with Crippen molar-refractivity contribution in [1.82, 2.24) is 0 Å². The zero-order valence-corrected chi connectivity index (χ0v) is 29.3. The van der Waals surface area contributed by atoms with Gasteiger partial charge in [0.25, 0.3) is 0 Å². The number of ketones is 3. The number of allylic oxidation sites excluding steroid dienone is 4. The minimum absolute atomic E-state index is 0.0396. The van der Waals surface area contributed by atoms with Crippen LogP contribution in [0.5, 0.6) is 0 Å². The van der Waals surface area contributed by atoms with E-state index in [1.165, 1.54) is 6.92 Å². The summed E-state index contributed by atoms with van der Waals surface area (Å²) in [5, 5.41) is 74.5.